The van der Waals surface area contributed by atoms with Gasteiger partial charge >= 0.3 is 0 Å². The number of hydrogen-bond acceptors (Lipinski definition) is 2. The van der Waals surface area contributed by atoms with Gasteiger partial charge in [-0.1, -0.05) is 0 Å². The molecule has 0 bridgehead atoms. The zero-order chi connectivity index (χ0) is 16.7. The van der Waals surface area contributed by atoms with E-state index in [1.54, 1.807) is 24.5 Å². The fourth-order valence-corrected chi connectivity index (χ4v) is 2.14. The molecule has 0 fully saturated rings. The number of carbonyl (C=O) groups excluding carboxylic acids is 2. The summed E-state index contributed by atoms with van der Waals surface area (Å²) < 4.78 is 3.66. The van der Waals surface area contributed by atoms with Crippen LogP contribution in [0.15, 0.2) is 49.1 Å². The Morgan fingerprint density at radius 1 is 0.870 bits per heavy atom. The van der Waals surface area contributed by atoms with E-state index in [-0.39, 0.29) is 11.8 Å². The molecule has 0 unspecified atom stereocenters. The summed E-state index contributed by atoms with van der Waals surface area (Å²) in [5.41, 5.74) is 1.24. The van der Waals surface area contributed by atoms with E-state index in [1.807, 2.05) is 47.8 Å². The van der Waals surface area contributed by atoms with Gasteiger partial charge in [-0.3, -0.25) is 9.59 Å². The summed E-state index contributed by atoms with van der Waals surface area (Å²) in [4.78, 5) is 23.9. The first-order chi connectivity index (χ1) is 11.1. The minimum absolute atomic E-state index is 0.109. The van der Waals surface area contributed by atoms with E-state index in [2.05, 4.69) is 10.6 Å². The molecular formula is C17H22N4O2+2. The van der Waals surface area contributed by atoms with E-state index in [1.165, 1.54) is 0 Å². The lowest BCUT2D eigenvalue weighted by Crippen LogP contribution is -2.33. The number of amides is 2. The van der Waals surface area contributed by atoms with Gasteiger partial charge in [0.05, 0.1) is 0 Å². The average molecular weight is 314 g/mol. The van der Waals surface area contributed by atoms with Crippen LogP contribution in [-0.4, -0.2) is 24.9 Å². The van der Waals surface area contributed by atoms with Crippen molar-refractivity contribution >= 4 is 11.8 Å². The zero-order valence-electron chi connectivity index (χ0n) is 13.5. The lowest BCUT2D eigenvalue weighted by molar-refractivity contribution is -0.671. The smallest absolute Gasteiger partial charge is 0.257 e. The van der Waals surface area contributed by atoms with E-state index in [0.29, 0.717) is 30.6 Å². The van der Waals surface area contributed by atoms with Gasteiger partial charge in [0.1, 0.15) is 25.2 Å². The third kappa shape index (κ3) is 5.18. The monoisotopic (exact) mass is 314 g/mol. The number of hydrogen-bond donors (Lipinski definition) is 2. The third-order valence-electron chi connectivity index (χ3n) is 3.33. The van der Waals surface area contributed by atoms with Gasteiger partial charge in [0.2, 0.25) is 0 Å². The van der Waals surface area contributed by atoms with E-state index in [9.17, 15) is 9.59 Å². The van der Waals surface area contributed by atoms with Crippen molar-refractivity contribution in [2.75, 3.05) is 13.1 Å². The lowest BCUT2D eigenvalue weighted by atomic mass is 10.2. The highest BCUT2D eigenvalue weighted by atomic mass is 16.2. The van der Waals surface area contributed by atoms with Crippen LogP contribution >= 0.6 is 0 Å². The Hall–Kier alpha value is -2.76. The van der Waals surface area contributed by atoms with Crippen LogP contribution in [0.3, 0.4) is 0 Å². The van der Waals surface area contributed by atoms with E-state index in [0.717, 1.165) is 0 Å². The van der Waals surface area contributed by atoms with Gasteiger partial charge in [0.25, 0.3) is 11.8 Å². The highest BCUT2D eigenvalue weighted by Crippen LogP contribution is 1.95. The Morgan fingerprint density at radius 2 is 1.30 bits per heavy atom. The predicted octanol–water partition coefficient (Wildman–Crippen LogP) is -0.114. The van der Waals surface area contributed by atoms with Crippen molar-refractivity contribution in [2.24, 2.45) is 14.1 Å². The minimum Gasteiger partial charge on any atom is -0.352 e. The second kappa shape index (κ2) is 8.03. The second-order valence-electron chi connectivity index (χ2n) is 5.38. The van der Waals surface area contributed by atoms with Gasteiger partial charge in [-0.25, -0.2) is 9.13 Å². The van der Waals surface area contributed by atoms with Gasteiger partial charge in [-0.2, -0.15) is 0 Å². The number of aryl methyl sites for hydroxylation is 2. The van der Waals surface area contributed by atoms with Gasteiger partial charge in [0.15, 0.2) is 24.8 Å². The Labute approximate surface area is 135 Å². The molecule has 2 aromatic heterocycles. The van der Waals surface area contributed by atoms with Crippen molar-refractivity contribution in [1.82, 2.24) is 10.6 Å². The van der Waals surface area contributed by atoms with Crippen LogP contribution in [0.25, 0.3) is 0 Å². The molecule has 2 heterocycles. The van der Waals surface area contributed by atoms with Crippen LogP contribution in [0.1, 0.15) is 27.1 Å². The molecule has 0 aliphatic heterocycles. The molecule has 120 valence electrons. The van der Waals surface area contributed by atoms with Crippen LogP contribution in [0.5, 0.6) is 0 Å². The summed E-state index contributed by atoms with van der Waals surface area (Å²) in [6, 6.07) is 7.20. The fraction of sp³-hybridized carbons (Fsp3) is 0.294. The fourth-order valence-electron chi connectivity index (χ4n) is 2.14. The molecule has 0 saturated heterocycles. The molecule has 2 rings (SSSR count). The summed E-state index contributed by atoms with van der Waals surface area (Å²) in [5.74, 6) is -0.217. The Balaban J connectivity index is 1.69. The van der Waals surface area contributed by atoms with Crippen molar-refractivity contribution in [3.63, 3.8) is 0 Å². The van der Waals surface area contributed by atoms with Crippen molar-refractivity contribution in [3.8, 4) is 0 Å². The summed E-state index contributed by atoms with van der Waals surface area (Å²) in [6.07, 6.45) is 7.96. The van der Waals surface area contributed by atoms with Gasteiger partial charge < -0.3 is 10.6 Å². The molecule has 0 radical (unpaired) electrons. The molecule has 2 amide bonds. The molecule has 0 spiro atoms. The molecule has 0 saturated carbocycles. The predicted molar refractivity (Wildman–Crippen MR) is 84.5 cm³/mol. The Morgan fingerprint density at radius 3 is 1.70 bits per heavy atom. The molecule has 23 heavy (non-hydrogen) atoms. The number of aromatic nitrogens is 2. The molecule has 0 aromatic carbocycles. The van der Waals surface area contributed by atoms with Crippen molar-refractivity contribution in [1.29, 1.82) is 0 Å². The van der Waals surface area contributed by atoms with Crippen LogP contribution in [0.4, 0.5) is 0 Å². The third-order valence-corrected chi connectivity index (χ3v) is 3.33. The minimum atomic E-state index is -0.109. The quantitative estimate of drug-likeness (QED) is 0.577. The normalized spacial score (nSPS) is 10.2. The molecule has 6 heteroatoms. The molecular weight excluding hydrogens is 292 g/mol. The van der Waals surface area contributed by atoms with Crippen molar-refractivity contribution < 1.29 is 18.7 Å². The molecule has 0 atom stereocenters. The van der Waals surface area contributed by atoms with E-state index in [4.69, 9.17) is 0 Å². The molecule has 6 nitrogen and oxygen atoms in total. The van der Waals surface area contributed by atoms with Gasteiger partial charge in [0, 0.05) is 25.2 Å². The number of nitrogens with zero attached hydrogens (tertiary/aromatic N) is 2. The van der Waals surface area contributed by atoms with Crippen molar-refractivity contribution in [2.45, 2.75) is 6.42 Å². The van der Waals surface area contributed by atoms with E-state index >= 15 is 0 Å². The maximum absolute atomic E-state index is 11.9. The lowest BCUT2D eigenvalue weighted by Gasteiger charge is -2.06. The van der Waals surface area contributed by atoms with Crippen LogP contribution in [0, 0.1) is 0 Å². The van der Waals surface area contributed by atoms with Crippen LogP contribution in [-0.2, 0) is 14.1 Å². The van der Waals surface area contributed by atoms with E-state index < -0.39 is 0 Å². The highest BCUT2D eigenvalue weighted by molar-refractivity contribution is 5.94. The molecule has 0 aliphatic rings. The summed E-state index contributed by atoms with van der Waals surface area (Å²) >= 11 is 0. The van der Waals surface area contributed by atoms with Crippen LogP contribution in [0.2, 0.25) is 0 Å². The van der Waals surface area contributed by atoms with Crippen LogP contribution < -0.4 is 19.8 Å². The Kier molecular flexibility index (Phi) is 5.80. The number of nitrogens with one attached hydrogen (secondary N) is 2. The largest absolute Gasteiger partial charge is 0.352 e. The topological polar surface area (TPSA) is 66.0 Å². The standard InChI is InChI=1S/C17H20N4O2/c1-20-10-3-6-14(12-20)16(22)18-8-5-9-19-17(23)15-7-4-11-21(2)13-15/h3-4,6-7,10-13H,5,8-9H2,1-2H3/p+2. The number of rotatable bonds is 6. The van der Waals surface area contributed by atoms with Gasteiger partial charge in [-0.15, -0.1) is 0 Å². The first kappa shape index (κ1) is 16.6. The molecule has 2 aromatic rings. The number of pyridine rings is 2. The number of carbonyl (C=O) groups is 2. The molecule has 0 aliphatic carbocycles. The summed E-state index contributed by atoms with van der Waals surface area (Å²) in [5, 5.41) is 5.68. The average Bonchev–Trinajstić information content (AvgIpc) is 2.54. The maximum atomic E-state index is 11.9. The Bertz CT molecular complexity index is 641. The second-order valence-corrected chi connectivity index (χ2v) is 5.38. The first-order valence-electron chi connectivity index (χ1n) is 7.53. The summed E-state index contributed by atoms with van der Waals surface area (Å²) in [7, 11) is 3.74. The zero-order valence-corrected chi connectivity index (χ0v) is 13.5. The highest BCUT2D eigenvalue weighted by Gasteiger charge is 2.09. The van der Waals surface area contributed by atoms with Crippen molar-refractivity contribution in [3.05, 3.63) is 60.2 Å². The molecule has 2 N–H and O–H groups in total. The first-order valence-corrected chi connectivity index (χ1v) is 7.53. The summed E-state index contributed by atoms with van der Waals surface area (Å²) in [6.45, 7) is 1.03. The SMILES string of the molecule is C[n+]1cccc(C(=O)NCCCNC(=O)c2ccc[n+](C)c2)c1. The maximum Gasteiger partial charge on any atom is 0.257 e. The van der Waals surface area contributed by atoms with Gasteiger partial charge in [-0.05, 0) is 18.6 Å².